The first kappa shape index (κ1) is 13.3. The number of ketones is 1. The lowest BCUT2D eigenvalue weighted by Crippen LogP contribution is -2.20. The number of aryl methyl sites for hydroxylation is 2. The van der Waals surface area contributed by atoms with E-state index in [-0.39, 0.29) is 16.9 Å². The lowest BCUT2D eigenvalue weighted by molar-refractivity contribution is 0.103. The molecular formula is C15H18N2O2. The summed E-state index contributed by atoms with van der Waals surface area (Å²) in [5.74, 6) is -0.217. The average molecular weight is 258 g/mol. The zero-order valence-corrected chi connectivity index (χ0v) is 11.9. The maximum absolute atomic E-state index is 12.5. The van der Waals surface area contributed by atoms with Crippen molar-refractivity contribution in [3.05, 3.63) is 56.0 Å². The second-order valence-electron chi connectivity index (χ2n) is 5.00. The molecule has 0 aliphatic heterocycles. The number of hydrogen-bond donors (Lipinski definition) is 1. The van der Waals surface area contributed by atoms with Gasteiger partial charge in [0.25, 0.3) is 5.56 Å². The van der Waals surface area contributed by atoms with Gasteiger partial charge < -0.3 is 5.10 Å². The molecule has 0 bridgehead atoms. The van der Waals surface area contributed by atoms with Gasteiger partial charge in [-0.15, -0.1) is 0 Å². The Bertz CT molecular complexity index is 720. The predicted molar refractivity (Wildman–Crippen MR) is 74.9 cm³/mol. The molecule has 0 aliphatic carbocycles. The summed E-state index contributed by atoms with van der Waals surface area (Å²) >= 11 is 0. The minimum Gasteiger partial charge on any atom is -0.302 e. The van der Waals surface area contributed by atoms with Gasteiger partial charge in [-0.1, -0.05) is 0 Å². The lowest BCUT2D eigenvalue weighted by atomic mass is 9.91. The second-order valence-corrected chi connectivity index (χ2v) is 5.00. The molecule has 19 heavy (non-hydrogen) atoms. The van der Waals surface area contributed by atoms with E-state index in [2.05, 4.69) is 5.10 Å². The van der Waals surface area contributed by atoms with Crippen molar-refractivity contribution in [3.8, 4) is 0 Å². The second kappa shape index (κ2) is 4.53. The molecule has 100 valence electrons. The van der Waals surface area contributed by atoms with Crippen LogP contribution in [-0.4, -0.2) is 15.6 Å². The molecule has 1 aromatic carbocycles. The maximum atomic E-state index is 12.5. The van der Waals surface area contributed by atoms with E-state index in [0.717, 1.165) is 16.7 Å². The lowest BCUT2D eigenvalue weighted by Gasteiger charge is -2.12. The Morgan fingerprint density at radius 2 is 1.68 bits per heavy atom. The van der Waals surface area contributed by atoms with Gasteiger partial charge in [0.1, 0.15) is 5.56 Å². The molecule has 0 radical (unpaired) electrons. The van der Waals surface area contributed by atoms with Crippen molar-refractivity contribution in [3.63, 3.8) is 0 Å². The Morgan fingerprint density at radius 1 is 1.05 bits per heavy atom. The molecule has 2 rings (SSSR count). The van der Waals surface area contributed by atoms with Crippen LogP contribution in [0.15, 0.2) is 17.1 Å². The van der Waals surface area contributed by atoms with Gasteiger partial charge in [-0.25, -0.2) is 0 Å². The van der Waals surface area contributed by atoms with E-state index < -0.39 is 0 Å². The molecule has 0 spiro atoms. The van der Waals surface area contributed by atoms with Gasteiger partial charge in [-0.05, 0) is 56.0 Å². The Kier molecular flexibility index (Phi) is 3.18. The highest BCUT2D eigenvalue weighted by Crippen LogP contribution is 2.22. The third kappa shape index (κ3) is 2.03. The van der Waals surface area contributed by atoms with E-state index in [1.165, 1.54) is 16.4 Å². The van der Waals surface area contributed by atoms with Crippen molar-refractivity contribution in [1.29, 1.82) is 0 Å². The third-order valence-electron chi connectivity index (χ3n) is 3.91. The number of carbonyl (C=O) groups excluding carboxylic acids is 1. The molecule has 1 heterocycles. The van der Waals surface area contributed by atoms with Crippen molar-refractivity contribution >= 4 is 5.78 Å². The molecule has 0 fully saturated rings. The molecule has 0 aliphatic rings. The number of rotatable bonds is 2. The number of hydrogen-bond acceptors (Lipinski definition) is 2. The highest BCUT2D eigenvalue weighted by atomic mass is 16.2. The summed E-state index contributed by atoms with van der Waals surface area (Å²) in [6.07, 6.45) is 1.47. The summed E-state index contributed by atoms with van der Waals surface area (Å²) in [4.78, 5) is 24.3. The molecule has 1 N–H and O–H groups in total. The predicted octanol–water partition coefficient (Wildman–Crippen LogP) is 2.18. The van der Waals surface area contributed by atoms with Crippen LogP contribution >= 0.6 is 0 Å². The van der Waals surface area contributed by atoms with Crippen molar-refractivity contribution in [2.24, 2.45) is 7.05 Å². The Balaban J connectivity index is 2.63. The average Bonchev–Trinajstić information content (AvgIpc) is 2.71. The summed E-state index contributed by atoms with van der Waals surface area (Å²) in [6.45, 7) is 7.95. The van der Waals surface area contributed by atoms with Crippen LogP contribution in [0.25, 0.3) is 0 Å². The fraction of sp³-hybridized carbons (Fsp3) is 0.333. The fourth-order valence-corrected chi connectivity index (χ4v) is 2.22. The van der Waals surface area contributed by atoms with E-state index >= 15 is 0 Å². The SMILES string of the molecule is Cc1cc(C(=O)c2c[nH]n(C)c2=O)c(C)c(C)c1C. The number of nitrogens with zero attached hydrogens (tertiary/aromatic N) is 1. The molecule has 0 amide bonds. The van der Waals surface area contributed by atoms with Crippen molar-refractivity contribution in [1.82, 2.24) is 9.78 Å². The minimum absolute atomic E-state index is 0.188. The van der Waals surface area contributed by atoms with Crippen molar-refractivity contribution in [2.75, 3.05) is 0 Å². The minimum atomic E-state index is -0.291. The van der Waals surface area contributed by atoms with Crippen LogP contribution in [0, 0.1) is 27.7 Å². The van der Waals surface area contributed by atoms with E-state index in [1.54, 1.807) is 7.05 Å². The van der Waals surface area contributed by atoms with E-state index in [4.69, 9.17) is 0 Å². The fourth-order valence-electron chi connectivity index (χ4n) is 2.22. The van der Waals surface area contributed by atoms with Gasteiger partial charge in [-0.3, -0.25) is 14.3 Å². The Labute approximate surface area is 112 Å². The standard InChI is InChI=1S/C15H18N2O2/c1-8-6-12(11(4)10(3)9(8)2)14(18)13-7-16-17(5)15(13)19/h6-7,16H,1-5H3. The molecule has 1 aromatic heterocycles. The highest BCUT2D eigenvalue weighted by molar-refractivity contribution is 6.09. The van der Waals surface area contributed by atoms with Crippen LogP contribution in [0.5, 0.6) is 0 Å². The summed E-state index contributed by atoms with van der Waals surface area (Å²) in [7, 11) is 1.59. The molecule has 0 saturated heterocycles. The zero-order valence-electron chi connectivity index (χ0n) is 11.9. The van der Waals surface area contributed by atoms with E-state index in [1.807, 2.05) is 33.8 Å². The summed E-state index contributed by atoms with van der Waals surface area (Å²) in [6, 6.07) is 1.87. The first-order valence-corrected chi connectivity index (χ1v) is 6.21. The zero-order chi connectivity index (χ0) is 14.3. The molecule has 0 unspecified atom stereocenters. The summed E-state index contributed by atoms with van der Waals surface area (Å²) < 4.78 is 1.30. The maximum Gasteiger partial charge on any atom is 0.277 e. The quantitative estimate of drug-likeness (QED) is 0.839. The van der Waals surface area contributed by atoms with Crippen molar-refractivity contribution in [2.45, 2.75) is 27.7 Å². The smallest absolute Gasteiger partial charge is 0.277 e. The number of carbonyl (C=O) groups is 1. The summed E-state index contributed by atoms with van der Waals surface area (Å²) in [5.41, 5.74) is 4.81. The van der Waals surface area contributed by atoms with Crippen LogP contribution in [0.4, 0.5) is 0 Å². The molecule has 2 aromatic rings. The van der Waals surface area contributed by atoms with Gasteiger partial charge >= 0.3 is 0 Å². The first-order chi connectivity index (χ1) is 8.84. The van der Waals surface area contributed by atoms with Crippen LogP contribution in [0.3, 0.4) is 0 Å². The highest BCUT2D eigenvalue weighted by Gasteiger charge is 2.19. The normalized spacial score (nSPS) is 10.8. The van der Waals surface area contributed by atoms with Gasteiger partial charge in [-0.2, -0.15) is 0 Å². The number of aromatic amines is 1. The van der Waals surface area contributed by atoms with E-state index in [0.29, 0.717) is 5.56 Å². The molecule has 4 nitrogen and oxygen atoms in total. The Morgan fingerprint density at radius 3 is 2.21 bits per heavy atom. The molecule has 0 atom stereocenters. The number of benzene rings is 1. The van der Waals surface area contributed by atoms with Crippen LogP contribution < -0.4 is 5.56 Å². The topological polar surface area (TPSA) is 54.9 Å². The number of aromatic nitrogens is 2. The third-order valence-corrected chi connectivity index (χ3v) is 3.91. The molecule has 0 saturated carbocycles. The largest absolute Gasteiger partial charge is 0.302 e. The van der Waals surface area contributed by atoms with Gasteiger partial charge in [0.15, 0.2) is 5.78 Å². The number of H-pyrrole nitrogens is 1. The van der Waals surface area contributed by atoms with Gasteiger partial charge in [0.05, 0.1) is 0 Å². The number of nitrogens with one attached hydrogen (secondary N) is 1. The van der Waals surface area contributed by atoms with Crippen LogP contribution in [0.1, 0.15) is 38.2 Å². The van der Waals surface area contributed by atoms with Gasteiger partial charge in [0.2, 0.25) is 0 Å². The molecular weight excluding hydrogens is 240 g/mol. The first-order valence-electron chi connectivity index (χ1n) is 6.21. The Hall–Kier alpha value is -2.10. The van der Waals surface area contributed by atoms with Crippen LogP contribution in [-0.2, 0) is 7.05 Å². The summed E-state index contributed by atoms with van der Waals surface area (Å²) in [5, 5.41) is 2.73. The van der Waals surface area contributed by atoms with Gasteiger partial charge in [0, 0.05) is 18.8 Å². The molecule has 4 heteroatoms. The monoisotopic (exact) mass is 258 g/mol. The van der Waals surface area contributed by atoms with E-state index in [9.17, 15) is 9.59 Å². The van der Waals surface area contributed by atoms with Crippen LogP contribution in [0.2, 0.25) is 0 Å². The van der Waals surface area contributed by atoms with Crippen molar-refractivity contribution < 1.29 is 4.79 Å².